The van der Waals surface area contributed by atoms with Crippen molar-refractivity contribution >= 4 is 48.0 Å². The highest BCUT2D eigenvalue weighted by Crippen LogP contribution is 2.40. The van der Waals surface area contributed by atoms with Crippen molar-refractivity contribution in [1.82, 2.24) is 4.90 Å². The Morgan fingerprint density at radius 1 is 1.13 bits per heavy atom. The monoisotopic (exact) mass is 506 g/mol. The van der Waals surface area contributed by atoms with Crippen LogP contribution in [0.25, 0.3) is 0 Å². The van der Waals surface area contributed by atoms with E-state index >= 15 is 0 Å². The molecular formula is C23H30Cl4N2O2. The molecule has 2 aliphatic heterocycles. The number of benzene rings is 2. The number of fused-ring (bicyclic) bond motifs is 1. The minimum Gasteiger partial charge on any atom is -0.507 e. The summed E-state index contributed by atoms with van der Waals surface area (Å²) in [7, 11) is 0. The lowest BCUT2D eigenvalue weighted by Gasteiger charge is -2.40. The summed E-state index contributed by atoms with van der Waals surface area (Å²) in [5.41, 5.74) is 10.1. The number of hydrogen-bond acceptors (Lipinski definition) is 4. The van der Waals surface area contributed by atoms with Crippen molar-refractivity contribution in [2.45, 2.75) is 44.9 Å². The number of aryl methyl sites for hydroxylation is 1. The maximum absolute atomic E-state index is 10.6. The van der Waals surface area contributed by atoms with Gasteiger partial charge in [-0.1, -0.05) is 41.4 Å². The Balaban J connectivity index is 0.00000171. The third-order valence-corrected chi connectivity index (χ3v) is 6.98. The zero-order valence-corrected chi connectivity index (χ0v) is 20.7. The van der Waals surface area contributed by atoms with Crippen LogP contribution in [0.15, 0.2) is 30.3 Å². The van der Waals surface area contributed by atoms with Gasteiger partial charge in [-0.3, -0.25) is 4.90 Å². The molecule has 2 heterocycles. The molecule has 172 valence electrons. The topological polar surface area (TPSA) is 58.7 Å². The zero-order valence-electron chi connectivity index (χ0n) is 17.5. The number of aromatic hydroxyl groups is 1. The van der Waals surface area contributed by atoms with Crippen molar-refractivity contribution in [3.63, 3.8) is 0 Å². The van der Waals surface area contributed by atoms with E-state index in [1.165, 1.54) is 0 Å². The molecule has 4 rings (SSSR count). The van der Waals surface area contributed by atoms with Gasteiger partial charge in [0.2, 0.25) is 0 Å². The first-order valence-electron chi connectivity index (χ1n) is 10.3. The molecule has 31 heavy (non-hydrogen) atoms. The molecule has 1 fully saturated rings. The zero-order chi connectivity index (χ0) is 20.5. The Hall–Kier alpha value is -0.720. The highest BCUT2D eigenvalue weighted by atomic mass is 35.5. The van der Waals surface area contributed by atoms with Crippen molar-refractivity contribution in [3.05, 3.63) is 62.6 Å². The van der Waals surface area contributed by atoms with E-state index in [4.69, 9.17) is 33.7 Å². The van der Waals surface area contributed by atoms with Crippen LogP contribution in [0.4, 0.5) is 0 Å². The second-order valence-corrected chi connectivity index (χ2v) is 9.09. The molecule has 2 aromatic carbocycles. The third-order valence-electron chi connectivity index (χ3n) is 6.39. The van der Waals surface area contributed by atoms with Crippen LogP contribution >= 0.6 is 48.0 Å². The van der Waals surface area contributed by atoms with E-state index in [0.717, 1.165) is 66.2 Å². The molecule has 3 N–H and O–H groups in total. The number of nitrogens with two attached hydrogens (primary N) is 1. The molecule has 4 nitrogen and oxygen atoms in total. The first-order valence-corrected chi connectivity index (χ1v) is 11.0. The fraction of sp³-hybridized carbons (Fsp3) is 0.478. The van der Waals surface area contributed by atoms with Gasteiger partial charge in [-0.05, 0) is 67.6 Å². The summed E-state index contributed by atoms with van der Waals surface area (Å²) < 4.78 is 6.39. The van der Waals surface area contributed by atoms with E-state index in [-0.39, 0.29) is 37.0 Å². The van der Waals surface area contributed by atoms with Crippen molar-refractivity contribution in [2.75, 3.05) is 19.6 Å². The maximum atomic E-state index is 10.6. The molecule has 0 unspecified atom stereocenters. The van der Waals surface area contributed by atoms with Gasteiger partial charge in [0.25, 0.3) is 0 Å². The van der Waals surface area contributed by atoms with Crippen LogP contribution in [0.1, 0.15) is 41.2 Å². The largest absolute Gasteiger partial charge is 0.507 e. The smallest absolute Gasteiger partial charge is 0.122 e. The second kappa shape index (κ2) is 11.4. The lowest BCUT2D eigenvalue weighted by molar-refractivity contribution is -0.0651. The Morgan fingerprint density at radius 2 is 1.84 bits per heavy atom. The fourth-order valence-electron chi connectivity index (χ4n) is 4.65. The van der Waals surface area contributed by atoms with E-state index in [9.17, 15) is 5.11 Å². The summed E-state index contributed by atoms with van der Waals surface area (Å²) in [6.07, 6.45) is 2.85. The Labute approximate surface area is 206 Å². The van der Waals surface area contributed by atoms with Crippen LogP contribution in [0.3, 0.4) is 0 Å². The summed E-state index contributed by atoms with van der Waals surface area (Å²) in [6.45, 7) is 5.22. The Morgan fingerprint density at radius 3 is 2.48 bits per heavy atom. The normalized spacial score (nSPS) is 21.7. The second-order valence-electron chi connectivity index (χ2n) is 8.25. The predicted octanol–water partition coefficient (Wildman–Crippen LogP) is 5.70. The van der Waals surface area contributed by atoms with Crippen LogP contribution in [0, 0.1) is 12.8 Å². The van der Waals surface area contributed by atoms with Crippen LogP contribution < -0.4 is 5.73 Å². The highest BCUT2D eigenvalue weighted by molar-refractivity contribution is 6.35. The number of rotatable bonds is 4. The highest BCUT2D eigenvalue weighted by Gasteiger charge is 2.35. The van der Waals surface area contributed by atoms with E-state index in [1.807, 2.05) is 25.1 Å². The molecule has 8 heteroatoms. The average molecular weight is 508 g/mol. The van der Waals surface area contributed by atoms with Crippen LogP contribution in [0.2, 0.25) is 10.0 Å². The summed E-state index contributed by atoms with van der Waals surface area (Å²) >= 11 is 12.3. The number of hydrogen-bond donors (Lipinski definition) is 2. The molecular weight excluding hydrogens is 478 g/mol. The van der Waals surface area contributed by atoms with Crippen LogP contribution in [-0.2, 0) is 17.7 Å². The minimum atomic E-state index is -0.138. The molecule has 2 aliphatic rings. The van der Waals surface area contributed by atoms with Gasteiger partial charge in [0.05, 0.1) is 12.2 Å². The standard InChI is InChI=1S/C23H28Cl2N2O2.2ClH/c1-14-2-5-18-19(23(14)28)11-21(29-22(18)12-26)15-6-8-27(9-7-15)13-16-3-4-17(24)10-20(16)25;;/h2-5,10,15,21-22,28H,6-9,11-13,26H2,1H3;2*1H/t21-,22-;;/m0../s1. The molecule has 0 aliphatic carbocycles. The van der Waals surface area contributed by atoms with Crippen molar-refractivity contribution in [2.24, 2.45) is 11.7 Å². The number of ether oxygens (including phenoxy) is 1. The van der Waals surface area contributed by atoms with Gasteiger partial charge in [-0.2, -0.15) is 0 Å². The first-order chi connectivity index (χ1) is 14.0. The minimum absolute atomic E-state index is 0. The molecule has 0 radical (unpaired) electrons. The van der Waals surface area contributed by atoms with Crippen molar-refractivity contribution in [3.8, 4) is 5.75 Å². The van der Waals surface area contributed by atoms with Gasteiger partial charge in [0.1, 0.15) is 5.75 Å². The lowest BCUT2D eigenvalue weighted by atomic mass is 9.83. The van der Waals surface area contributed by atoms with Gasteiger partial charge in [-0.25, -0.2) is 0 Å². The molecule has 0 bridgehead atoms. The number of nitrogens with zero attached hydrogens (tertiary/aromatic N) is 1. The van der Waals surface area contributed by atoms with Gasteiger partial charge < -0.3 is 15.6 Å². The quantitative estimate of drug-likeness (QED) is 0.556. The molecule has 1 saturated heterocycles. The molecule has 0 saturated carbocycles. The van der Waals surface area contributed by atoms with E-state index in [2.05, 4.69) is 11.0 Å². The summed E-state index contributed by atoms with van der Waals surface area (Å²) in [6, 6.07) is 9.70. The van der Waals surface area contributed by atoms with Crippen molar-refractivity contribution in [1.29, 1.82) is 0 Å². The third kappa shape index (κ3) is 5.80. The van der Waals surface area contributed by atoms with Gasteiger partial charge in [-0.15, -0.1) is 24.8 Å². The van der Waals surface area contributed by atoms with Crippen LogP contribution in [-0.4, -0.2) is 35.7 Å². The van der Waals surface area contributed by atoms with Gasteiger partial charge in [0.15, 0.2) is 0 Å². The predicted molar refractivity (Wildman–Crippen MR) is 132 cm³/mol. The summed E-state index contributed by atoms with van der Waals surface area (Å²) in [5, 5.41) is 12.0. The van der Waals surface area contributed by atoms with Gasteiger partial charge >= 0.3 is 0 Å². The average Bonchev–Trinajstić information content (AvgIpc) is 2.72. The van der Waals surface area contributed by atoms with Crippen LogP contribution in [0.5, 0.6) is 5.75 Å². The van der Waals surface area contributed by atoms with E-state index in [0.29, 0.717) is 23.2 Å². The van der Waals surface area contributed by atoms with Gasteiger partial charge in [0, 0.05) is 35.1 Å². The number of halogens is 4. The summed E-state index contributed by atoms with van der Waals surface area (Å²) in [4.78, 5) is 2.43. The molecule has 0 aromatic heterocycles. The SMILES string of the molecule is Cc1ccc2c(c1O)C[C@@H](C1CCN(Cc3ccc(Cl)cc3Cl)CC1)O[C@H]2CN.Cl.Cl. The van der Waals surface area contributed by atoms with E-state index in [1.54, 1.807) is 6.07 Å². The number of phenols is 1. The number of phenolic OH excluding ortho intramolecular Hbond substituents is 1. The molecule has 0 spiro atoms. The lowest BCUT2D eigenvalue weighted by Crippen LogP contribution is -2.42. The maximum Gasteiger partial charge on any atom is 0.122 e. The summed E-state index contributed by atoms with van der Waals surface area (Å²) in [5.74, 6) is 0.873. The number of piperidine rings is 1. The number of likely N-dealkylation sites (tertiary alicyclic amines) is 1. The van der Waals surface area contributed by atoms with E-state index < -0.39 is 0 Å². The molecule has 2 atom stereocenters. The molecule has 0 amide bonds. The Bertz CT molecular complexity index is 888. The molecule has 2 aromatic rings. The Kier molecular flexibility index (Phi) is 9.78. The van der Waals surface area contributed by atoms with Crippen molar-refractivity contribution < 1.29 is 9.84 Å². The first kappa shape index (κ1) is 26.5. The fourth-order valence-corrected chi connectivity index (χ4v) is 5.12.